The Kier molecular flexibility index (Phi) is 4.35. The van der Waals surface area contributed by atoms with Crippen LogP contribution in [0.1, 0.15) is 58.8 Å². The number of fused-ring (bicyclic) bond motifs is 5. The number of carbonyl (C=O) groups is 2. The maximum Gasteiger partial charge on any atom is 0.175 e. The molecule has 0 bridgehead atoms. The van der Waals surface area contributed by atoms with Gasteiger partial charge in [0, 0.05) is 17.3 Å². The van der Waals surface area contributed by atoms with Crippen LogP contribution in [0.25, 0.3) is 0 Å². The van der Waals surface area contributed by atoms with E-state index in [9.17, 15) is 19.8 Å². The third kappa shape index (κ3) is 2.26. The molecule has 0 amide bonds. The number of carbonyl (C=O) groups excluding carboxylic acids is 2. The van der Waals surface area contributed by atoms with Crippen molar-refractivity contribution in [2.45, 2.75) is 76.2 Å². The average Bonchev–Trinajstić information content (AvgIpc) is 2.90. The number of rotatable bonds is 2. The lowest BCUT2D eigenvalue weighted by Crippen LogP contribution is -2.64. The Hall–Kier alpha value is -0.590. The Balaban J connectivity index is 1.75. The lowest BCUT2D eigenvalue weighted by atomic mass is 9.44. The molecule has 0 heterocycles. The minimum absolute atomic E-state index is 0.0288. The van der Waals surface area contributed by atoms with Crippen molar-refractivity contribution in [3.8, 4) is 0 Å². The highest BCUT2D eigenvalue weighted by Crippen LogP contribution is 2.70. The molecule has 0 saturated heterocycles. The Morgan fingerprint density at radius 1 is 1.26 bits per heavy atom. The molecule has 4 nitrogen and oxygen atoms in total. The molecule has 27 heavy (non-hydrogen) atoms. The van der Waals surface area contributed by atoms with Crippen molar-refractivity contribution in [1.29, 1.82) is 0 Å². The molecule has 0 aromatic heterocycles. The van der Waals surface area contributed by atoms with Crippen molar-refractivity contribution in [1.82, 2.24) is 0 Å². The summed E-state index contributed by atoms with van der Waals surface area (Å²) in [6, 6.07) is 0. The van der Waals surface area contributed by atoms with E-state index in [1.54, 1.807) is 6.08 Å². The molecule has 0 aliphatic heterocycles. The second-order valence-corrected chi connectivity index (χ2v) is 10.2. The van der Waals surface area contributed by atoms with Crippen LogP contribution in [-0.2, 0) is 9.59 Å². The van der Waals surface area contributed by atoms with E-state index in [0.717, 1.165) is 5.57 Å². The standard InChI is InChI=1S/C21H28BrFO4/c1-18-7-8-20(23)14(13(18)5-6-21(18,27)17(26)11-22)4-3-12-9-15(24)16(25)10-19(12,20)2/h9,13-15,24,27H,3-8,10-11H2,1-2H3/t13-,14-,15?,18-,19-,20+,21-/m0/s1. The van der Waals surface area contributed by atoms with Crippen LogP contribution in [0.15, 0.2) is 11.6 Å². The molecule has 0 aromatic carbocycles. The number of ketones is 2. The van der Waals surface area contributed by atoms with Gasteiger partial charge in [-0.3, -0.25) is 9.59 Å². The molecule has 2 N–H and O–H groups in total. The van der Waals surface area contributed by atoms with Crippen LogP contribution < -0.4 is 0 Å². The van der Waals surface area contributed by atoms with Crippen molar-refractivity contribution < 1.29 is 24.2 Å². The molecule has 0 radical (unpaired) electrons. The maximum atomic E-state index is 16.7. The predicted octanol–water partition coefficient (Wildman–Crippen LogP) is 3.28. The van der Waals surface area contributed by atoms with Gasteiger partial charge in [0.2, 0.25) is 0 Å². The number of Topliss-reactive ketones (excluding diaryl/α,β-unsaturated/α-hetero) is 2. The molecule has 0 spiro atoms. The molecule has 4 aliphatic carbocycles. The summed E-state index contributed by atoms with van der Waals surface area (Å²) in [5.41, 5.74) is -3.61. The average molecular weight is 443 g/mol. The molecule has 150 valence electrons. The van der Waals surface area contributed by atoms with E-state index in [4.69, 9.17) is 0 Å². The van der Waals surface area contributed by atoms with Gasteiger partial charge in [-0.1, -0.05) is 35.4 Å². The fraction of sp³-hybridized carbons (Fsp3) is 0.810. The number of halogens is 2. The van der Waals surface area contributed by atoms with Gasteiger partial charge in [0.05, 0.1) is 5.33 Å². The van der Waals surface area contributed by atoms with Gasteiger partial charge in [-0.2, -0.15) is 0 Å². The Bertz CT molecular complexity index is 738. The molecular formula is C21H28BrFO4. The van der Waals surface area contributed by atoms with Gasteiger partial charge in [-0.05, 0) is 56.4 Å². The lowest BCUT2D eigenvalue weighted by Gasteiger charge is -2.61. The highest BCUT2D eigenvalue weighted by molar-refractivity contribution is 9.09. The molecule has 3 fully saturated rings. The van der Waals surface area contributed by atoms with Gasteiger partial charge < -0.3 is 10.2 Å². The van der Waals surface area contributed by atoms with Crippen molar-refractivity contribution in [2.24, 2.45) is 22.7 Å². The highest BCUT2D eigenvalue weighted by Gasteiger charge is 2.71. The molecule has 0 aromatic rings. The zero-order valence-electron chi connectivity index (χ0n) is 15.9. The molecule has 4 aliphatic rings. The quantitative estimate of drug-likeness (QED) is 0.508. The number of aliphatic hydroxyl groups excluding tert-OH is 1. The summed E-state index contributed by atoms with van der Waals surface area (Å²) in [4.78, 5) is 24.8. The molecule has 4 rings (SSSR count). The lowest BCUT2D eigenvalue weighted by molar-refractivity contribution is -0.182. The van der Waals surface area contributed by atoms with E-state index in [1.165, 1.54) is 0 Å². The molecule has 6 heteroatoms. The fourth-order valence-electron chi connectivity index (χ4n) is 7.06. The summed E-state index contributed by atoms with van der Waals surface area (Å²) in [5.74, 6) is -0.884. The van der Waals surface area contributed by atoms with Crippen LogP contribution in [0.4, 0.5) is 4.39 Å². The van der Waals surface area contributed by atoms with Crippen LogP contribution in [0.2, 0.25) is 0 Å². The second-order valence-electron chi connectivity index (χ2n) is 9.60. The number of hydrogen-bond donors (Lipinski definition) is 2. The van der Waals surface area contributed by atoms with E-state index < -0.39 is 28.2 Å². The first kappa shape index (κ1) is 19.7. The number of allylic oxidation sites excluding steroid dienone is 1. The van der Waals surface area contributed by atoms with Crippen LogP contribution >= 0.6 is 15.9 Å². The highest BCUT2D eigenvalue weighted by atomic mass is 79.9. The number of aliphatic hydroxyl groups is 2. The number of alkyl halides is 2. The van der Waals surface area contributed by atoms with Crippen molar-refractivity contribution >= 4 is 27.5 Å². The van der Waals surface area contributed by atoms with Crippen molar-refractivity contribution in [3.05, 3.63) is 11.6 Å². The molecule has 7 atom stereocenters. The van der Waals surface area contributed by atoms with E-state index >= 15 is 4.39 Å². The fourth-order valence-corrected chi connectivity index (χ4v) is 7.52. The second kappa shape index (κ2) is 5.96. The molecule has 3 saturated carbocycles. The largest absolute Gasteiger partial charge is 0.381 e. The first-order valence-corrected chi connectivity index (χ1v) is 11.1. The van der Waals surface area contributed by atoms with E-state index in [1.807, 2.05) is 13.8 Å². The Labute approximate surface area is 167 Å². The van der Waals surface area contributed by atoms with E-state index in [-0.39, 0.29) is 41.6 Å². The van der Waals surface area contributed by atoms with Gasteiger partial charge in [0.15, 0.2) is 11.6 Å². The Morgan fingerprint density at radius 3 is 2.63 bits per heavy atom. The van der Waals surface area contributed by atoms with Crippen molar-refractivity contribution in [3.63, 3.8) is 0 Å². The van der Waals surface area contributed by atoms with Crippen molar-refractivity contribution in [2.75, 3.05) is 5.33 Å². The first-order chi connectivity index (χ1) is 12.5. The van der Waals surface area contributed by atoms with Gasteiger partial charge in [-0.15, -0.1) is 0 Å². The van der Waals surface area contributed by atoms with E-state index in [0.29, 0.717) is 32.1 Å². The smallest absolute Gasteiger partial charge is 0.175 e. The summed E-state index contributed by atoms with van der Waals surface area (Å²) >= 11 is 3.19. The summed E-state index contributed by atoms with van der Waals surface area (Å²) < 4.78 is 16.7. The zero-order chi connectivity index (χ0) is 19.8. The summed E-state index contributed by atoms with van der Waals surface area (Å²) in [5, 5.41) is 21.3. The SMILES string of the molecule is C[C@]12CC(=O)C(O)C=C1CC[C@H]1[C@@H]3CC[C@](O)(C(=O)CBr)[C@@]3(C)CC[C@@]12F. The number of hydrogen-bond acceptors (Lipinski definition) is 4. The van der Waals surface area contributed by atoms with E-state index in [2.05, 4.69) is 15.9 Å². The topological polar surface area (TPSA) is 74.6 Å². The summed E-state index contributed by atoms with van der Waals surface area (Å²) in [7, 11) is 0. The Morgan fingerprint density at radius 2 is 1.96 bits per heavy atom. The minimum Gasteiger partial charge on any atom is -0.381 e. The van der Waals surface area contributed by atoms with Crippen LogP contribution in [-0.4, -0.2) is 44.5 Å². The summed E-state index contributed by atoms with van der Waals surface area (Å²) in [6.07, 6.45) is 3.45. The van der Waals surface area contributed by atoms with Gasteiger partial charge in [0.1, 0.15) is 17.4 Å². The first-order valence-electron chi connectivity index (χ1n) is 9.96. The zero-order valence-corrected chi connectivity index (χ0v) is 17.5. The van der Waals surface area contributed by atoms with Gasteiger partial charge in [-0.25, -0.2) is 4.39 Å². The minimum atomic E-state index is -1.54. The van der Waals surface area contributed by atoms with Crippen LogP contribution in [0.3, 0.4) is 0 Å². The third-order valence-electron chi connectivity index (χ3n) is 8.81. The normalized spacial score (nSPS) is 51.9. The third-order valence-corrected chi connectivity index (χ3v) is 9.32. The molecular weight excluding hydrogens is 415 g/mol. The monoisotopic (exact) mass is 442 g/mol. The summed E-state index contributed by atoms with van der Waals surface area (Å²) in [6.45, 7) is 3.79. The maximum absolute atomic E-state index is 16.7. The van der Waals surface area contributed by atoms with Gasteiger partial charge in [0.25, 0.3) is 0 Å². The van der Waals surface area contributed by atoms with Crippen LogP contribution in [0.5, 0.6) is 0 Å². The van der Waals surface area contributed by atoms with Crippen LogP contribution in [0, 0.1) is 22.7 Å². The molecule has 1 unspecified atom stereocenters. The van der Waals surface area contributed by atoms with Gasteiger partial charge >= 0.3 is 0 Å². The predicted molar refractivity (Wildman–Crippen MR) is 102 cm³/mol.